The van der Waals surface area contributed by atoms with E-state index < -0.39 is 5.60 Å². The molecule has 1 aliphatic heterocycles. The van der Waals surface area contributed by atoms with Crippen LogP contribution in [-0.2, 0) is 12.8 Å². The van der Waals surface area contributed by atoms with Gasteiger partial charge in [0.1, 0.15) is 0 Å². The van der Waals surface area contributed by atoms with Gasteiger partial charge in [-0.25, -0.2) is 4.98 Å². The van der Waals surface area contributed by atoms with Crippen LogP contribution in [0.1, 0.15) is 54.1 Å². The van der Waals surface area contributed by atoms with Crippen molar-refractivity contribution < 1.29 is 9.90 Å². The number of aryl methyl sites for hydroxylation is 1. The van der Waals surface area contributed by atoms with E-state index in [9.17, 15) is 9.90 Å². The third-order valence-corrected chi connectivity index (χ3v) is 7.42. The molecule has 2 aromatic heterocycles. The summed E-state index contributed by atoms with van der Waals surface area (Å²) in [6, 6.07) is 12.0. The Morgan fingerprint density at radius 2 is 1.76 bits per heavy atom. The Bertz CT molecular complexity index is 1360. The SMILES string of the molecule is CC1(O)CCN(C(=O)c2ccc(-c3nc4ccc5[nH]ncc5c4c4c3CCCC4)cc2)CC1. The van der Waals surface area contributed by atoms with Crippen LogP contribution in [0, 0.1) is 0 Å². The number of aliphatic hydroxyl groups is 1. The molecule has 0 radical (unpaired) electrons. The largest absolute Gasteiger partial charge is 0.390 e. The van der Waals surface area contributed by atoms with E-state index in [0.717, 1.165) is 40.5 Å². The van der Waals surface area contributed by atoms with E-state index in [4.69, 9.17) is 4.98 Å². The van der Waals surface area contributed by atoms with E-state index in [-0.39, 0.29) is 5.91 Å². The number of amides is 1. The average Bonchev–Trinajstić information content (AvgIpc) is 3.32. The highest BCUT2D eigenvalue weighted by molar-refractivity contribution is 6.07. The van der Waals surface area contributed by atoms with Gasteiger partial charge in [0, 0.05) is 35.0 Å². The number of likely N-dealkylation sites (tertiary alicyclic amines) is 1. The minimum Gasteiger partial charge on any atom is -0.390 e. The van der Waals surface area contributed by atoms with Crippen molar-refractivity contribution in [2.24, 2.45) is 0 Å². The van der Waals surface area contributed by atoms with Crippen molar-refractivity contribution in [3.63, 3.8) is 0 Å². The highest BCUT2D eigenvalue weighted by Gasteiger charge is 2.30. The van der Waals surface area contributed by atoms with Gasteiger partial charge >= 0.3 is 0 Å². The van der Waals surface area contributed by atoms with Gasteiger partial charge in [0.2, 0.25) is 0 Å². The molecule has 4 aromatic rings. The number of benzene rings is 2. The van der Waals surface area contributed by atoms with E-state index >= 15 is 0 Å². The van der Waals surface area contributed by atoms with Crippen LogP contribution in [0.2, 0.25) is 0 Å². The van der Waals surface area contributed by atoms with Gasteiger partial charge in [-0.05, 0) is 80.8 Å². The van der Waals surface area contributed by atoms with Crippen molar-refractivity contribution >= 4 is 27.7 Å². The van der Waals surface area contributed by atoms with E-state index in [1.165, 1.54) is 29.4 Å². The number of H-pyrrole nitrogens is 1. The first-order valence-corrected chi connectivity index (χ1v) is 11.9. The second-order valence-electron chi connectivity index (χ2n) is 9.78. The first kappa shape index (κ1) is 20.4. The fourth-order valence-corrected chi connectivity index (χ4v) is 5.43. The standard InChI is InChI=1S/C27H28N4O2/c1-27(33)12-14-31(15-13-27)26(32)18-8-6-17(7-9-18)25-20-5-3-2-4-19(20)24-21-16-28-30-22(21)10-11-23(24)29-25/h6-11,16,33H,2-5,12-15H2,1H3,(H,28,30). The molecular formula is C27H28N4O2. The number of pyridine rings is 1. The van der Waals surface area contributed by atoms with Gasteiger partial charge in [0.25, 0.3) is 5.91 Å². The van der Waals surface area contributed by atoms with Crippen molar-refractivity contribution in [1.29, 1.82) is 0 Å². The zero-order valence-electron chi connectivity index (χ0n) is 18.9. The Morgan fingerprint density at radius 1 is 1.03 bits per heavy atom. The minimum absolute atomic E-state index is 0.0351. The van der Waals surface area contributed by atoms with Crippen LogP contribution in [0.4, 0.5) is 0 Å². The fraction of sp³-hybridized carbons (Fsp3) is 0.370. The van der Waals surface area contributed by atoms with E-state index in [1.807, 2.05) is 42.3 Å². The van der Waals surface area contributed by atoms with Crippen LogP contribution in [0.15, 0.2) is 42.6 Å². The van der Waals surface area contributed by atoms with Crippen LogP contribution < -0.4 is 0 Å². The summed E-state index contributed by atoms with van der Waals surface area (Å²) in [5.41, 5.74) is 6.90. The maximum atomic E-state index is 13.0. The number of hydrogen-bond donors (Lipinski definition) is 2. The van der Waals surface area contributed by atoms with Crippen LogP contribution in [0.3, 0.4) is 0 Å². The molecule has 1 amide bonds. The number of hydrogen-bond acceptors (Lipinski definition) is 4. The zero-order chi connectivity index (χ0) is 22.6. The van der Waals surface area contributed by atoms with Crippen molar-refractivity contribution in [3.05, 3.63) is 59.3 Å². The second-order valence-corrected chi connectivity index (χ2v) is 9.78. The lowest BCUT2D eigenvalue weighted by molar-refractivity contribution is -0.00202. The first-order chi connectivity index (χ1) is 16.0. The van der Waals surface area contributed by atoms with Crippen LogP contribution in [-0.4, -0.2) is 49.8 Å². The third kappa shape index (κ3) is 3.49. The van der Waals surface area contributed by atoms with Gasteiger partial charge in [-0.1, -0.05) is 12.1 Å². The molecule has 168 valence electrons. The maximum absolute atomic E-state index is 13.0. The summed E-state index contributed by atoms with van der Waals surface area (Å²) < 4.78 is 0. The summed E-state index contributed by atoms with van der Waals surface area (Å²) in [6.45, 7) is 3.03. The number of carbonyl (C=O) groups excluding carboxylic acids is 1. The highest BCUT2D eigenvalue weighted by Crippen LogP contribution is 2.38. The zero-order valence-corrected chi connectivity index (χ0v) is 18.9. The van der Waals surface area contributed by atoms with Crippen LogP contribution in [0.25, 0.3) is 33.1 Å². The minimum atomic E-state index is -0.663. The molecule has 1 saturated heterocycles. The molecule has 6 nitrogen and oxygen atoms in total. The van der Waals surface area contributed by atoms with Gasteiger partial charge < -0.3 is 10.0 Å². The molecule has 0 atom stereocenters. The maximum Gasteiger partial charge on any atom is 0.253 e. The smallest absolute Gasteiger partial charge is 0.253 e. The van der Waals surface area contributed by atoms with Crippen molar-refractivity contribution in [3.8, 4) is 11.3 Å². The lowest BCUT2D eigenvalue weighted by Crippen LogP contribution is -2.45. The summed E-state index contributed by atoms with van der Waals surface area (Å²) in [7, 11) is 0. The number of carbonyl (C=O) groups is 1. The van der Waals surface area contributed by atoms with Gasteiger partial charge in [0.15, 0.2) is 0 Å². The first-order valence-electron chi connectivity index (χ1n) is 11.9. The molecule has 6 rings (SSSR count). The Kier molecular flexibility index (Phi) is 4.73. The lowest BCUT2D eigenvalue weighted by atomic mass is 9.85. The molecule has 1 fully saturated rings. The summed E-state index contributed by atoms with van der Waals surface area (Å²) in [5, 5.41) is 19.9. The Morgan fingerprint density at radius 3 is 2.52 bits per heavy atom. The monoisotopic (exact) mass is 440 g/mol. The van der Waals surface area contributed by atoms with Crippen molar-refractivity contribution in [2.75, 3.05) is 13.1 Å². The molecule has 2 aliphatic rings. The van der Waals surface area contributed by atoms with E-state index in [1.54, 1.807) is 0 Å². The Balaban J connectivity index is 1.38. The molecule has 0 unspecified atom stereocenters. The molecule has 3 heterocycles. The summed E-state index contributed by atoms with van der Waals surface area (Å²) in [4.78, 5) is 19.9. The molecule has 0 saturated carbocycles. The van der Waals surface area contributed by atoms with Gasteiger partial charge in [-0.15, -0.1) is 0 Å². The number of nitrogens with zero attached hydrogens (tertiary/aromatic N) is 3. The quantitative estimate of drug-likeness (QED) is 0.476. The van der Waals surface area contributed by atoms with E-state index in [2.05, 4.69) is 22.3 Å². The molecular weight excluding hydrogens is 412 g/mol. The number of fused-ring (bicyclic) bond motifs is 5. The highest BCUT2D eigenvalue weighted by atomic mass is 16.3. The number of nitrogens with one attached hydrogen (secondary N) is 1. The second kappa shape index (κ2) is 7.66. The number of rotatable bonds is 2. The van der Waals surface area contributed by atoms with Gasteiger partial charge in [-0.2, -0.15) is 5.10 Å². The molecule has 6 heteroatoms. The lowest BCUT2D eigenvalue weighted by Gasteiger charge is -2.35. The Labute approximate surface area is 192 Å². The fourth-order valence-electron chi connectivity index (χ4n) is 5.43. The topological polar surface area (TPSA) is 82.1 Å². The molecule has 33 heavy (non-hydrogen) atoms. The van der Waals surface area contributed by atoms with Crippen LogP contribution >= 0.6 is 0 Å². The molecule has 0 bridgehead atoms. The number of aromatic nitrogens is 3. The predicted molar refractivity (Wildman–Crippen MR) is 129 cm³/mol. The summed E-state index contributed by atoms with van der Waals surface area (Å²) in [5.74, 6) is 0.0351. The molecule has 0 spiro atoms. The third-order valence-electron chi connectivity index (χ3n) is 7.42. The molecule has 2 aromatic carbocycles. The average molecular weight is 441 g/mol. The van der Waals surface area contributed by atoms with Crippen LogP contribution in [0.5, 0.6) is 0 Å². The van der Waals surface area contributed by atoms with Crippen molar-refractivity contribution in [1.82, 2.24) is 20.1 Å². The van der Waals surface area contributed by atoms with Gasteiger partial charge in [-0.3, -0.25) is 9.89 Å². The summed E-state index contributed by atoms with van der Waals surface area (Å²) in [6.07, 6.45) is 7.59. The number of piperidine rings is 1. The normalized spacial score (nSPS) is 17.9. The molecule has 2 N–H and O–H groups in total. The predicted octanol–water partition coefficient (Wildman–Crippen LogP) is 4.64. The van der Waals surface area contributed by atoms with Crippen molar-refractivity contribution in [2.45, 2.75) is 51.0 Å². The van der Waals surface area contributed by atoms with E-state index in [0.29, 0.717) is 31.5 Å². The number of aromatic amines is 1. The summed E-state index contributed by atoms with van der Waals surface area (Å²) >= 11 is 0. The van der Waals surface area contributed by atoms with Gasteiger partial charge in [0.05, 0.1) is 28.5 Å². The Hall–Kier alpha value is -3.25. The molecule has 1 aliphatic carbocycles.